The molecule has 0 saturated carbocycles. The lowest BCUT2D eigenvalue weighted by atomic mass is 10.1. The van der Waals surface area contributed by atoms with Crippen LogP contribution < -0.4 is 5.32 Å². The van der Waals surface area contributed by atoms with E-state index in [4.69, 9.17) is 4.74 Å². The van der Waals surface area contributed by atoms with Crippen molar-refractivity contribution in [2.75, 3.05) is 19.8 Å². The number of hydrogen-bond acceptors (Lipinski definition) is 3. The van der Waals surface area contributed by atoms with Gasteiger partial charge in [-0.1, -0.05) is 13.8 Å². The van der Waals surface area contributed by atoms with Crippen LogP contribution in [0.1, 0.15) is 46.5 Å². The molecule has 1 N–H and O–H groups in total. The van der Waals surface area contributed by atoms with E-state index in [2.05, 4.69) is 26.1 Å². The Morgan fingerprint density at radius 1 is 1.35 bits per heavy atom. The molecule has 0 aromatic heterocycles. The van der Waals surface area contributed by atoms with Crippen LogP contribution in [0.3, 0.4) is 0 Å². The average Bonchev–Trinajstić information content (AvgIpc) is 2.39. The van der Waals surface area contributed by atoms with Crippen molar-refractivity contribution < 1.29 is 8.95 Å². The first-order valence-corrected chi connectivity index (χ1v) is 8.18. The second-order valence-corrected chi connectivity index (χ2v) is 6.88. The molecule has 102 valence electrons. The summed E-state index contributed by atoms with van der Waals surface area (Å²) in [6.07, 6.45) is 4.10. The van der Waals surface area contributed by atoms with Gasteiger partial charge in [0.25, 0.3) is 0 Å². The third kappa shape index (κ3) is 4.68. The van der Waals surface area contributed by atoms with Crippen LogP contribution in [0.25, 0.3) is 0 Å². The molecule has 0 aromatic carbocycles. The van der Waals surface area contributed by atoms with Crippen LogP contribution in [-0.4, -0.2) is 40.5 Å². The van der Waals surface area contributed by atoms with Gasteiger partial charge in [0.15, 0.2) is 0 Å². The number of nitrogens with one attached hydrogen (secondary N) is 1. The molecule has 0 radical (unpaired) electrons. The number of ether oxygens (including phenoxy) is 1. The van der Waals surface area contributed by atoms with Crippen molar-refractivity contribution in [3.8, 4) is 0 Å². The van der Waals surface area contributed by atoms with E-state index < -0.39 is 10.8 Å². The van der Waals surface area contributed by atoms with Crippen LogP contribution in [0.5, 0.6) is 0 Å². The lowest BCUT2D eigenvalue weighted by Gasteiger charge is -2.29. The molecule has 17 heavy (non-hydrogen) atoms. The van der Waals surface area contributed by atoms with E-state index in [0.717, 1.165) is 45.4 Å². The summed E-state index contributed by atoms with van der Waals surface area (Å²) in [4.78, 5) is 0. The molecule has 3 nitrogen and oxygen atoms in total. The summed E-state index contributed by atoms with van der Waals surface area (Å²) in [6.45, 7) is 9.05. The molecule has 1 fully saturated rings. The Morgan fingerprint density at radius 2 is 2.00 bits per heavy atom. The molecule has 0 bridgehead atoms. The van der Waals surface area contributed by atoms with Crippen LogP contribution in [0, 0.1) is 0 Å². The maximum Gasteiger partial charge on any atom is 0.0477 e. The largest absolute Gasteiger partial charge is 0.381 e. The van der Waals surface area contributed by atoms with Crippen molar-refractivity contribution in [2.45, 2.75) is 63.0 Å². The Labute approximate surface area is 108 Å². The summed E-state index contributed by atoms with van der Waals surface area (Å²) in [5.74, 6) is 0. The molecule has 4 heteroatoms. The first-order chi connectivity index (χ1) is 8.20. The Bertz CT molecular complexity index is 229. The zero-order valence-corrected chi connectivity index (χ0v) is 12.2. The summed E-state index contributed by atoms with van der Waals surface area (Å²) in [5, 5.41) is 4.10. The Balaban J connectivity index is 2.47. The van der Waals surface area contributed by atoms with Gasteiger partial charge >= 0.3 is 0 Å². The maximum absolute atomic E-state index is 12.5. The normalized spacial score (nSPS) is 23.2. The third-order valence-corrected chi connectivity index (χ3v) is 5.72. The summed E-state index contributed by atoms with van der Waals surface area (Å²) in [6, 6.07) is 0.388. The topological polar surface area (TPSA) is 38.3 Å². The highest BCUT2D eigenvalue weighted by molar-refractivity contribution is 7.86. The molecular formula is C13H27NO2S. The lowest BCUT2D eigenvalue weighted by molar-refractivity contribution is 0.0990. The SMILES string of the molecule is CCCNC(CC)C(C)S(=O)C1CCOCC1. The zero-order valence-electron chi connectivity index (χ0n) is 11.4. The van der Waals surface area contributed by atoms with Gasteiger partial charge in [-0.05, 0) is 39.2 Å². The highest BCUT2D eigenvalue weighted by atomic mass is 32.2. The lowest BCUT2D eigenvalue weighted by Crippen LogP contribution is -2.43. The fourth-order valence-corrected chi connectivity index (χ4v) is 4.22. The van der Waals surface area contributed by atoms with E-state index in [0.29, 0.717) is 11.3 Å². The summed E-state index contributed by atoms with van der Waals surface area (Å²) < 4.78 is 17.8. The maximum atomic E-state index is 12.5. The predicted molar refractivity (Wildman–Crippen MR) is 73.8 cm³/mol. The van der Waals surface area contributed by atoms with Crippen molar-refractivity contribution in [3.05, 3.63) is 0 Å². The molecular weight excluding hydrogens is 234 g/mol. The van der Waals surface area contributed by atoms with Crippen LogP contribution >= 0.6 is 0 Å². The Hall–Kier alpha value is 0.0700. The molecule has 3 atom stereocenters. The second-order valence-electron chi connectivity index (χ2n) is 4.81. The molecule has 0 aliphatic carbocycles. The first kappa shape index (κ1) is 15.1. The van der Waals surface area contributed by atoms with E-state index in [1.54, 1.807) is 0 Å². The average molecular weight is 261 g/mol. The van der Waals surface area contributed by atoms with Gasteiger partial charge in [-0.15, -0.1) is 0 Å². The second kappa shape index (κ2) is 8.22. The molecule has 3 unspecified atom stereocenters. The van der Waals surface area contributed by atoms with E-state index in [1.165, 1.54) is 0 Å². The number of hydrogen-bond donors (Lipinski definition) is 1. The fourth-order valence-electron chi connectivity index (χ4n) is 2.35. The van der Waals surface area contributed by atoms with E-state index in [-0.39, 0.29) is 5.25 Å². The van der Waals surface area contributed by atoms with Gasteiger partial charge < -0.3 is 10.1 Å². The quantitative estimate of drug-likeness (QED) is 0.762. The highest BCUT2D eigenvalue weighted by Crippen LogP contribution is 2.19. The van der Waals surface area contributed by atoms with Crippen molar-refractivity contribution >= 4 is 10.8 Å². The molecule has 0 amide bonds. The van der Waals surface area contributed by atoms with Gasteiger partial charge in [-0.2, -0.15) is 0 Å². The fraction of sp³-hybridized carbons (Fsp3) is 1.00. The summed E-state index contributed by atoms with van der Waals surface area (Å²) >= 11 is 0. The minimum atomic E-state index is -0.727. The minimum Gasteiger partial charge on any atom is -0.381 e. The van der Waals surface area contributed by atoms with Gasteiger partial charge in [0.1, 0.15) is 0 Å². The Kier molecular flexibility index (Phi) is 7.32. The van der Waals surface area contributed by atoms with Crippen LogP contribution in [0.4, 0.5) is 0 Å². The first-order valence-electron chi connectivity index (χ1n) is 6.91. The van der Waals surface area contributed by atoms with Gasteiger partial charge in [-0.3, -0.25) is 4.21 Å². The molecule has 1 saturated heterocycles. The summed E-state index contributed by atoms with van der Waals surface area (Å²) in [5.41, 5.74) is 0. The van der Waals surface area contributed by atoms with Crippen LogP contribution in [0.2, 0.25) is 0 Å². The van der Waals surface area contributed by atoms with Crippen molar-refractivity contribution in [1.82, 2.24) is 5.32 Å². The van der Waals surface area contributed by atoms with Crippen molar-refractivity contribution in [1.29, 1.82) is 0 Å². The van der Waals surface area contributed by atoms with Crippen molar-refractivity contribution in [2.24, 2.45) is 0 Å². The van der Waals surface area contributed by atoms with Gasteiger partial charge in [0, 0.05) is 40.6 Å². The van der Waals surface area contributed by atoms with Gasteiger partial charge in [-0.25, -0.2) is 0 Å². The van der Waals surface area contributed by atoms with E-state index >= 15 is 0 Å². The monoisotopic (exact) mass is 261 g/mol. The smallest absolute Gasteiger partial charge is 0.0477 e. The predicted octanol–water partition coefficient (Wildman–Crippen LogP) is 2.08. The molecule has 1 rings (SSSR count). The standard InChI is InChI=1S/C13H27NO2S/c1-4-8-14-13(5-2)11(3)17(15)12-6-9-16-10-7-12/h11-14H,4-10H2,1-3H3. The Morgan fingerprint density at radius 3 is 2.53 bits per heavy atom. The summed E-state index contributed by atoms with van der Waals surface area (Å²) in [7, 11) is -0.727. The van der Waals surface area contributed by atoms with E-state index in [9.17, 15) is 4.21 Å². The number of rotatable bonds is 7. The molecule has 0 aromatic rings. The molecule has 1 heterocycles. The zero-order chi connectivity index (χ0) is 12.7. The van der Waals surface area contributed by atoms with Gasteiger partial charge in [0.2, 0.25) is 0 Å². The molecule has 1 aliphatic heterocycles. The van der Waals surface area contributed by atoms with E-state index in [1.807, 2.05) is 0 Å². The van der Waals surface area contributed by atoms with Gasteiger partial charge in [0.05, 0.1) is 0 Å². The van der Waals surface area contributed by atoms with Crippen LogP contribution in [0.15, 0.2) is 0 Å². The third-order valence-electron chi connectivity index (χ3n) is 3.53. The van der Waals surface area contributed by atoms with Crippen LogP contribution in [-0.2, 0) is 15.5 Å². The molecule has 0 spiro atoms. The highest BCUT2D eigenvalue weighted by Gasteiger charge is 2.28. The van der Waals surface area contributed by atoms with Crippen molar-refractivity contribution in [3.63, 3.8) is 0 Å². The molecule has 1 aliphatic rings. The minimum absolute atomic E-state index is 0.245.